The Morgan fingerprint density at radius 3 is 2.29 bits per heavy atom. The summed E-state index contributed by atoms with van der Waals surface area (Å²) >= 11 is 0. The molecule has 1 aromatic carbocycles. The Morgan fingerprint density at radius 2 is 1.76 bits per heavy atom. The molecule has 1 N–H and O–H groups in total. The zero-order chi connectivity index (χ0) is 15.8. The van der Waals surface area contributed by atoms with Crippen molar-refractivity contribution in [1.82, 2.24) is 5.32 Å². The third-order valence-electron chi connectivity index (χ3n) is 3.53. The van der Waals surface area contributed by atoms with Crippen LogP contribution in [0.2, 0.25) is 0 Å². The highest BCUT2D eigenvalue weighted by Gasteiger charge is 2.08. The minimum absolute atomic E-state index is 0.247. The van der Waals surface area contributed by atoms with Gasteiger partial charge >= 0.3 is 0 Å². The number of benzene rings is 1. The summed E-state index contributed by atoms with van der Waals surface area (Å²) in [6, 6.07) is 8.56. The van der Waals surface area contributed by atoms with E-state index in [4.69, 9.17) is 4.74 Å². The maximum atomic E-state index is 11.3. The van der Waals surface area contributed by atoms with E-state index in [-0.39, 0.29) is 5.25 Å². The van der Waals surface area contributed by atoms with Crippen LogP contribution in [-0.2, 0) is 10.8 Å². The number of hydrogen-bond donors (Lipinski definition) is 1. The van der Waals surface area contributed by atoms with Crippen LogP contribution in [0.3, 0.4) is 0 Å². The van der Waals surface area contributed by atoms with E-state index in [1.54, 1.807) is 6.26 Å². The Morgan fingerprint density at radius 1 is 1.14 bits per heavy atom. The summed E-state index contributed by atoms with van der Waals surface area (Å²) in [7, 11) is -0.736. The predicted molar refractivity (Wildman–Crippen MR) is 91.3 cm³/mol. The number of ether oxygens (including phenoxy) is 1. The quantitative estimate of drug-likeness (QED) is 0.758. The van der Waals surface area contributed by atoms with E-state index in [0.29, 0.717) is 12.0 Å². The third-order valence-corrected chi connectivity index (χ3v) is 4.90. The van der Waals surface area contributed by atoms with Crippen molar-refractivity contribution in [2.45, 2.75) is 45.4 Å². The molecule has 0 bridgehead atoms. The van der Waals surface area contributed by atoms with Crippen molar-refractivity contribution in [1.29, 1.82) is 0 Å². The van der Waals surface area contributed by atoms with Crippen molar-refractivity contribution in [3.05, 3.63) is 29.8 Å². The van der Waals surface area contributed by atoms with Crippen LogP contribution in [0.4, 0.5) is 0 Å². The minimum atomic E-state index is -0.736. The molecule has 0 spiro atoms. The summed E-state index contributed by atoms with van der Waals surface area (Å²) in [4.78, 5) is 0. The van der Waals surface area contributed by atoms with E-state index in [2.05, 4.69) is 38.2 Å². The first kappa shape index (κ1) is 18.2. The Bertz CT molecular complexity index is 431. The first-order chi connectivity index (χ1) is 9.90. The van der Waals surface area contributed by atoms with E-state index in [0.717, 1.165) is 25.3 Å². The van der Waals surface area contributed by atoms with E-state index < -0.39 is 10.8 Å². The Labute approximate surface area is 131 Å². The zero-order valence-electron chi connectivity index (χ0n) is 13.9. The fourth-order valence-corrected chi connectivity index (χ4v) is 2.35. The van der Waals surface area contributed by atoms with Crippen LogP contribution >= 0.6 is 0 Å². The second-order valence-electron chi connectivity index (χ2n) is 6.05. The molecule has 0 aliphatic carbocycles. The largest absolute Gasteiger partial charge is 0.493 e. The second-order valence-corrected chi connectivity index (χ2v) is 7.85. The molecule has 21 heavy (non-hydrogen) atoms. The van der Waals surface area contributed by atoms with Crippen molar-refractivity contribution in [2.75, 3.05) is 19.4 Å². The Hall–Kier alpha value is -0.870. The first-order valence-corrected chi connectivity index (χ1v) is 9.30. The lowest BCUT2D eigenvalue weighted by atomic mass is 10.1. The van der Waals surface area contributed by atoms with Gasteiger partial charge < -0.3 is 10.1 Å². The Kier molecular flexibility index (Phi) is 7.97. The van der Waals surface area contributed by atoms with Crippen LogP contribution in [-0.4, -0.2) is 28.9 Å². The van der Waals surface area contributed by atoms with Crippen molar-refractivity contribution < 1.29 is 8.95 Å². The fourth-order valence-electron chi connectivity index (χ4n) is 1.90. The summed E-state index contributed by atoms with van der Waals surface area (Å²) in [5.41, 5.74) is 1.25. The summed E-state index contributed by atoms with van der Waals surface area (Å²) in [5.74, 6) is 1.46. The van der Waals surface area contributed by atoms with Crippen LogP contribution in [0.15, 0.2) is 24.3 Å². The SMILES string of the molecule is CC(C)COc1ccc(C(C)NCCC(C)S(C)=O)cc1. The van der Waals surface area contributed by atoms with Crippen LogP contribution in [0.25, 0.3) is 0 Å². The van der Waals surface area contributed by atoms with Crippen molar-refractivity contribution in [2.24, 2.45) is 5.92 Å². The maximum absolute atomic E-state index is 11.3. The minimum Gasteiger partial charge on any atom is -0.493 e. The summed E-state index contributed by atoms with van der Waals surface area (Å²) in [6.07, 6.45) is 2.70. The lowest BCUT2D eigenvalue weighted by Crippen LogP contribution is -2.24. The highest BCUT2D eigenvalue weighted by Crippen LogP contribution is 2.18. The molecule has 1 rings (SSSR count). The molecule has 0 heterocycles. The van der Waals surface area contributed by atoms with Gasteiger partial charge in [-0.1, -0.05) is 32.9 Å². The number of rotatable bonds is 9. The van der Waals surface area contributed by atoms with Gasteiger partial charge in [0.05, 0.1) is 6.61 Å². The molecule has 120 valence electrons. The molecular formula is C17H29NO2S. The van der Waals surface area contributed by atoms with Crippen LogP contribution in [0.1, 0.15) is 45.7 Å². The summed E-state index contributed by atoms with van der Waals surface area (Å²) in [5, 5.41) is 3.73. The van der Waals surface area contributed by atoms with Crippen molar-refractivity contribution >= 4 is 10.8 Å². The lowest BCUT2D eigenvalue weighted by Gasteiger charge is -2.16. The highest BCUT2D eigenvalue weighted by atomic mass is 32.2. The third kappa shape index (κ3) is 7.09. The summed E-state index contributed by atoms with van der Waals surface area (Å²) in [6.45, 7) is 10.1. The molecule has 3 atom stereocenters. The topological polar surface area (TPSA) is 38.3 Å². The maximum Gasteiger partial charge on any atom is 0.119 e. The van der Waals surface area contributed by atoms with Crippen LogP contribution in [0, 0.1) is 5.92 Å². The lowest BCUT2D eigenvalue weighted by molar-refractivity contribution is 0.271. The van der Waals surface area contributed by atoms with Crippen molar-refractivity contribution in [3.8, 4) is 5.75 Å². The molecule has 3 nitrogen and oxygen atoms in total. The monoisotopic (exact) mass is 311 g/mol. The van der Waals surface area contributed by atoms with E-state index >= 15 is 0 Å². The highest BCUT2D eigenvalue weighted by molar-refractivity contribution is 7.84. The molecule has 1 aromatic rings. The number of hydrogen-bond acceptors (Lipinski definition) is 3. The van der Waals surface area contributed by atoms with Gasteiger partial charge in [-0.05, 0) is 43.5 Å². The molecule has 0 aliphatic rings. The van der Waals surface area contributed by atoms with E-state index in [9.17, 15) is 4.21 Å². The standard InChI is InChI=1S/C17H29NO2S/c1-13(2)12-20-17-8-6-16(7-9-17)15(4)18-11-10-14(3)21(5)19/h6-9,13-15,18H,10-12H2,1-5H3. The van der Waals surface area contributed by atoms with E-state index in [1.807, 2.05) is 19.1 Å². The van der Waals surface area contributed by atoms with Gasteiger partial charge in [0.25, 0.3) is 0 Å². The predicted octanol–water partition coefficient (Wildman–Crippen LogP) is 3.53. The molecule has 0 saturated heterocycles. The van der Waals surface area contributed by atoms with Gasteiger partial charge in [0.2, 0.25) is 0 Å². The van der Waals surface area contributed by atoms with E-state index in [1.165, 1.54) is 5.56 Å². The Balaban J connectivity index is 2.40. The fraction of sp³-hybridized carbons (Fsp3) is 0.647. The molecule has 0 amide bonds. The number of nitrogens with one attached hydrogen (secondary N) is 1. The molecule has 0 saturated carbocycles. The van der Waals surface area contributed by atoms with Gasteiger partial charge in [-0.3, -0.25) is 4.21 Å². The zero-order valence-corrected chi connectivity index (χ0v) is 14.7. The molecule has 3 unspecified atom stereocenters. The molecule has 0 fully saturated rings. The summed E-state index contributed by atoms with van der Waals surface area (Å²) < 4.78 is 17.0. The first-order valence-electron chi connectivity index (χ1n) is 7.68. The van der Waals surface area contributed by atoms with Gasteiger partial charge in [0.15, 0.2) is 0 Å². The smallest absolute Gasteiger partial charge is 0.119 e. The van der Waals surface area contributed by atoms with Gasteiger partial charge in [-0.25, -0.2) is 0 Å². The van der Waals surface area contributed by atoms with Crippen molar-refractivity contribution in [3.63, 3.8) is 0 Å². The molecule has 0 aliphatic heterocycles. The van der Waals surface area contributed by atoms with Crippen LogP contribution < -0.4 is 10.1 Å². The van der Waals surface area contributed by atoms with Gasteiger partial charge in [0.1, 0.15) is 5.75 Å². The van der Waals surface area contributed by atoms with Gasteiger partial charge in [0, 0.05) is 28.3 Å². The molecule has 0 radical (unpaired) electrons. The molecular weight excluding hydrogens is 282 g/mol. The molecule has 0 aromatic heterocycles. The van der Waals surface area contributed by atoms with Gasteiger partial charge in [-0.2, -0.15) is 0 Å². The normalized spacial score (nSPS) is 15.7. The van der Waals surface area contributed by atoms with Gasteiger partial charge in [-0.15, -0.1) is 0 Å². The van der Waals surface area contributed by atoms with Crippen LogP contribution in [0.5, 0.6) is 5.75 Å². The molecule has 4 heteroatoms. The average molecular weight is 311 g/mol. The second kappa shape index (κ2) is 9.21. The average Bonchev–Trinajstić information content (AvgIpc) is 2.45.